The van der Waals surface area contributed by atoms with E-state index in [4.69, 9.17) is 5.10 Å². The standard InChI is InChI=1S/C16H21N3/c1-3-6-13-11-16-17-10-9-15(19(16)18-13)14-8-5-4-7-12(14)2/h4-5,7-8,11,15,17H,3,6,9-10H2,1-2H3. The van der Waals surface area contributed by atoms with Crippen LogP contribution < -0.4 is 5.32 Å². The number of nitrogens with zero attached hydrogens (tertiary/aromatic N) is 2. The van der Waals surface area contributed by atoms with Gasteiger partial charge in [-0.2, -0.15) is 5.10 Å². The second-order valence-corrected chi connectivity index (χ2v) is 5.30. The zero-order valence-corrected chi connectivity index (χ0v) is 11.7. The summed E-state index contributed by atoms with van der Waals surface area (Å²) in [6, 6.07) is 11.2. The number of anilines is 1. The lowest BCUT2D eigenvalue weighted by Crippen LogP contribution is -2.24. The third kappa shape index (κ3) is 2.25. The van der Waals surface area contributed by atoms with Crippen molar-refractivity contribution in [2.24, 2.45) is 0 Å². The molecule has 1 aromatic heterocycles. The maximum atomic E-state index is 4.79. The molecule has 2 aromatic rings. The first-order valence-electron chi connectivity index (χ1n) is 7.17. The highest BCUT2D eigenvalue weighted by molar-refractivity contribution is 5.42. The summed E-state index contributed by atoms with van der Waals surface area (Å²) in [6.07, 6.45) is 3.30. The molecule has 1 atom stereocenters. The smallest absolute Gasteiger partial charge is 0.125 e. The topological polar surface area (TPSA) is 29.9 Å². The monoisotopic (exact) mass is 255 g/mol. The van der Waals surface area contributed by atoms with Crippen molar-refractivity contribution in [3.05, 3.63) is 47.2 Å². The SMILES string of the molecule is CCCc1cc2n(n1)C(c1ccccc1C)CCN2. The fraction of sp³-hybridized carbons (Fsp3) is 0.438. The molecule has 100 valence electrons. The van der Waals surface area contributed by atoms with Crippen LogP contribution in [0.2, 0.25) is 0 Å². The lowest BCUT2D eigenvalue weighted by Gasteiger charge is -2.27. The third-order valence-corrected chi connectivity index (χ3v) is 3.86. The van der Waals surface area contributed by atoms with Gasteiger partial charge in [0.15, 0.2) is 0 Å². The van der Waals surface area contributed by atoms with Gasteiger partial charge in [0.25, 0.3) is 0 Å². The average molecular weight is 255 g/mol. The number of aromatic nitrogens is 2. The van der Waals surface area contributed by atoms with E-state index < -0.39 is 0 Å². The first-order valence-corrected chi connectivity index (χ1v) is 7.17. The summed E-state index contributed by atoms with van der Waals surface area (Å²) >= 11 is 0. The van der Waals surface area contributed by atoms with Crippen molar-refractivity contribution < 1.29 is 0 Å². The van der Waals surface area contributed by atoms with E-state index >= 15 is 0 Å². The summed E-state index contributed by atoms with van der Waals surface area (Å²) in [6.45, 7) is 5.41. The number of rotatable bonds is 3. The summed E-state index contributed by atoms with van der Waals surface area (Å²) in [5.41, 5.74) is 3.95. The van der Waals surface area contributed by atoms with Gasteiger partial charge in [-0.3, -0.25) is 0 Å². The molecule has 0 spiro atoms. The van der Waals surface area contributed by atoms with Crippen molar-refractivity contribution in [3.8, 4) is 0 Å². The zero-order valence-electron chi connectivity index (χ0n) is 11.7. The Labute approximate surface area is 114 Å². The molecule has 1 unspecified atom stereocenters. The van der Waals surface area contributed by atoms with E-state index in [2.05, 4.69) is 54.2 Å². The van der Waals surface area contributed by atoms with E-state index in [1.54, 1.807) is 0 Å². The minimum Gasteiger partial charge on any atom is -0.370 e. The van der Waals surface area contributed by atoms with E-state index in [9.17, 15) is 0 Å². The lowest BCUT2D eigenvalue weighted by atomic mass is 9.98. The van der Waals surface area contributed by atoms with Gasteiger partial charge < -0.3 is 5.32 Å². The Morgan fingerprint density at radius 3 is 3.00 bits per heavy atom. The summed E-state index contributed by atoms with van der Waals surface area (Å²) in [5, 5.41) is 8.25. The second-order valence-electron chi connectivity index (χ2n) is 5.30. The molecular weight excluding hydrogens is 234 g/mol. The van der Waals surface area contributed by atoms with Crippen LogP contribution in [-0.2, 0) is 6.42 Å². The van der Waals surface area contributed by atoms with Crippen LogP contribution in [0.1, 0.15) is 42.6 Å². The van der Waals surface area contributed by atoms with Crippen molar-refractivity contribution in [1.82, 2.24) is 9.78 Å². The van der Waals surface area contributed by atoms with Gasteiger partial charge in [-0.15, -0.1) is 0 Å². The Bertz CT molecular complexity index is 571. The van der Waals surface area contributed by atoms with Gasteiger partial charge in [-0.25, -0.2) is 4.68 Å². The quantitative estimate of drug-likeness (QED) is 0.909. The van der Waals surface area contributed by atoms with Gasteiger partial charge in [-0.05, 0) is 30.9 Å². The van der Waals surface area contributed by atoms with Crippen LogP contribution in [0.3, 0.4) is 0 Å². The average Bonchev–Trinajstić information content (AvgIpc) is 2.82. The minimum absolute atomic E-state index is 0.378. The highest BCUT2D eigenvalue weighted by Gasteiger charge is 2.23. The van der Waals surface area contributed by atoms with Gasteiger partial charge in [0.2, 0.25) is 0 Å². The third-order valence-electron chi connectivity index (χ3n) is 3.86. The normalized spacial score (nSPS) is 17.9. The summed E-state index contributed by atoms with van der Waals surface area (Å²) in [7, 11) is 0. The first kappa shape index (κ1) is 12.3. The lowest BCUT2D eigenvalue weighted by molar-refractivity contribution is 0.476. The van der Waals surface area contributed by atoms with Gasteiger partial charge in [0.05, 0.1) is 11.7 Å². The molecule has 0 fully saturated rings. The van der Waals surface area contributed by atoms with Crippen LogP contribution in [0, 0.1) is 6.92 Å². The summed E-state index contributed by atoms with van der Waals surface area (Å²) < 4.78 is 2.18. The fourth-order valence-electron chi connectivity index (χ4n) is 2.90. The Kier molecular flexibility index (Phi) is 3.28. The number of aryl methyl sites for hydroxylation is 2. The van der Waals surface area contributed by atoms with Crippen LogP contribution in [0.4, 0.5) is 5.82 Å². The van der Waals surface area contributed by atoms with Crippen molar-refractivity contribution in [2.45, 2.75) is 39.2 Å². The molecule has 0 amide bonds. The highest BCUT2D eigenvalue weighted by atomic mass is 15.4. The Morgan fingerprint density at radius 1 is 1.37 bits per heavy atom. The number of benzene rings is 1. The maximum absolute atomic E-state index is 4.79. The predicted molar refractivity (Wildman–Crippen MR) is 78.6 cm³/mol. The largest absolute Gasteiger partial charge is 0.370 e. The molecule has 0 aliphatic carbocycles. The van der Waals surface area contributed by atoms with Crippen LogP contribution in [0.5, 0.6) is 0 Å². The fourth-order valence-corrected chi connectivity index (χ4v) is 2.90. The zero-order chi connectivity index (χ0) is 13.2. The van der Waals surface area contributed by atoms with Gasteiger partial charge in [0, 0.05) is 12.6 Å². The van der Waals surface area contributed by atoms with E-state index in [0.717, 1.165) is 25.8 Å². The van der Waals surface area contributed by atoms with Crippen molar-refractivity contribution >= 4 is 5.82 Å². The molecule has 3 nitrogen and oxygen atoms in total. The number of fused-ring (bicyclic) bond motifs is 1. The molecule has 3 heteroatoms. The first-order chi connectivity index (χ1) is 9.29. The van der Waals surface area contributed by atoms with Gasteiger partial charge >= 0.3 is 0 Å². The van der Waals surface area contributed by atoms with E-state index in [1.807, 2.05) is 0 Å². The van der Waals surface area contributed by atoms with E-state index in [1.165, 1.54) is 22.6 Å². The molecule has 2 heterocycles. The molecule has 1 N–H and O–H groups in total. The molecular formula is C16H21N3. The molecule has 19 heavy (non-hydrogen) atoms. The van der Waals surface area contributed by atoms with Crippen molar-refractivity contribution in [3.63, 3.8) is 0 Å². The van der Waals surface area contributed by atoms with Gasteiger partial charge in [-0.1, -0.05) is 37.6 Å². The molecule has 0 radical (unpaired) electrons. The molecule has 1 aliphatic heterocycles. The van der Waals surface area contributed by atoms with Crippen LogP contribution in [0.25, 0.3) is 0 Å². The minimum atomic E-state index is 0.378. The van der Waals surface area contributed by atoms with E-state index in [0.29, 0.717) is 6.04 Å². The Morgan fingerprint density at radius 2 is 2.21 bits per heavy atom. The molecule has 0 saturated heterocycles. The molecule has 1 aliphatic rings. The molecule has 1 aromatic carbocycles. The predicted octanol–water partition coefficient (Wildman–Crippen LogP) is 3.55. The van der Waals surface area contributed by atoms with Crippen LogP contribution in [-0.4, -0.2) is 16.3 Å². The van der Waals surface area contributed by atoms with Crippen molar-refractivity contribution in [1.29, 1.82) is 0 Å². The Hall–Kier alpha value is -1.77. The summed E-state index contributed by atoms with van der Waals surface area (Å²) in [4.78, 5) is 0. The number of nitrogens with one attached hydrogen (secondary N) is 1. The Balaban J connectivity index is 2.00. The molecule has 0 saturated carbocycles. The summed E-state index contributed by atoms with van der Waals surface area (Å²) in [5.74, 6) is 1.17. The van der Waals surface area contributed by atoms with Gasteiger partial charge in [0.1, 0.15) is 5.82 Å². The van der Waals surface area contributed by atoms with Crippen molar-refractivity contribution in [2.75, 3.05) is 11.9 Å². The van der Waals surface area contributed by atoms with Crippen LogP contribution >= 0.6 is 0 Å². The maximum Gasteiger partial charge on any atom is 0.125 e. The molecule has 0 bridgehead atoms. The van der Waals surface area contributed by atoms with Crippen LogP contribution in [0.15, 0.2) is 30.3 Å². The highest BCUT2D eigenvalue weighted by Crippen LogP contribution is 2.31. The molecule has 3 rings (SSSR count). The second kappa shape index (κ2) is 5.08. The number of hydrogen-bond acceptors (Lipinski definition) is 2. The number of hydrogen-bond donors (Lipinski definition) is 1. The van der Waals surface area contributed by atoms with E-state index in [-0.39, 0.29) is 0 Å².